The van der Waals surface area contributed by atoms with Crippen molar-refractivity contribution in [2.75, 3.05) is 32.7 Å². The van der Waals surface area contributed by atoms with E-state index in [4.69, 9.17) is 5.73 Å². The average molecular weight is 351 g/mol. The van der Waals surface area contributed by atoms with Crippen LogP contribution >= 0.6 is 0 Å². The molecule has 1 heterocycles. The first-order valence-electron chi connectivity index (χ1n) is 9.60. The molecule has 1 saturated heterocycles. The first-order chi connectivity index (χ1) is 12.7. The monoisotopic (exact) mass is 351 g/mol. The van der Waals surface area contributed by atoms with E-state index in [1.807, 2.05) is 30.3 Å². The molecule has 1 aliphatic heterocycles. The number of rotatable bonds is 7. The Balaban J connectivity index is 1.88. The van der Waals surface area contributed by atoms with Crippen LogP contribution in [0.2, 0.25) is 0 Å². The normalized spacial score (nSPS) is 17.1. The minimum atomic E-state index is -0.358. The van der Waals surface area contributed by atoms with Crippen LogP contribution in [0.5, 0.6) is 0 Å². The molecule has 26 heavy (non-hydrogen) atoms. The Labute approximate surface area is 156 Å². The zero-order chi connectivity index (χ0) is 18.4. The van der Waals surface area contributed by atoms with Gasteiger partial charge in [0.1, 0.15) is 0 Å². The molecule has 138 valence electrons. The van der Waals surface area contributed by atoms with E-state index in [0.717, 1.165) is 31.7 Å². The summed E-state index contributed by atoms with van der Waals surface area (Å²) >= 11 is 0. The van der Waals surface area contributed by atoms with Gasteiger partial charge < -0.3 is 10.6 Å². The van der Waals surface area contributed by atoms with Crippen LogP contribution in [0.4, 0.5) is 0 Å². The highest BCUT2D eigenvalue weighted by molar-refractivity contribution is 5.94. The van der Waals surface area contributed by atoms with Crippen molar-refractivity contribution in [2.45, 2.75) is 25.8 Å². The standard InChI is InChI=1S/C22H29N3O/c1-2-3-13-24-14-16-25(17-15-24)21(18-9-5-4-6-10-18)19-11-7-8-12-20(19)22(23)26/h4-12,21H,2-3,13-17H2,1H3,(H2,23,26). The summed E-state index contributed by atoms with van der Waals surface area (Å²) in [7, 11) is 0. The van der Waals surface area contributed by atoms with Gasteiger partial charge in [-0.1, -0.05) is 61.9 Å². The maximum absolute atomic E-state index is 12.0. The number of nitrogens with two attached hydrogens (primary N) is 1. The van der Waals surface area contributed by atoms with Crippen LogP contribution < -0.4 is 5.73 Å². The number of unbranched alkanes of at least 4 members (excludes halogenated alkanes) is 1. The second-order valence-electron chi connectivity index (χ2n) is 7.00. The smallest absolute Gasteiger partial charge is 0.249 e. The van der Waals surface area contributed by atoms with Crippen molar-refractivity contribution in [3.8, 4) is 0 Å². The molecule has 1 atom stereocenters. The molecule has 2 aromatic carbocycles. The SMILES string of the molecule is CCCCN1CCN(C(c2ccccc2)c2ccccc2C(N)=O)CC1. The molecular formula is C22H29N3O. The molecule has 1 fully saturated rings. The third kappa shape index (κ3) is 4.32. The van der Waals surface area contributed by atoms with Crippen LogP contribution in [0.3, 0.4) is 0 Å². The lowest BCUT2D eigenvalue weighted by Gasteiger charge is -2.40. The van der Waals surface area contributed by atoms with Gasteiger partial charge in [-0.25, -0.2) is 0 Å². The van der Waals surface area contributed by atoms with Crippen molar-refractivity contribution in [1.82, 2.24) is 9.80 Å². The molecule has 0 saturated carbocycles. The second kappa shape index (κ2) is 8.97. The first-order valence-corrected chi connectivity index (χ1v) is 9.60. The van der Waals surface area contributed by atoms with Crippen LogP contribution in [-0.4, -0.2) is 48.4 Å². The number of piperazine rings is 1. The lowest BCUT2D eigenvalue weighted by molar-refractivity contribution is 0.0982. The topological polar surface area (TPSA) is 49.6 Å². The van der Waals surface area contributed by atoms with E-state index in [9.17, 15) is 4.79 Å². The molecule has 2 aromatic rings. The number of carbonyl (C=O) groups excluding carboxylic acids is 1. The van der Waals surface area contributed by atoms with Crippen molar-refractivity contribution in [3.05, 3.63) is 71.3 Å². The first kappa shape index (κ1) is 18.6. The quantitative estimate of drug-likeness (QED) is 0.833. The third-order valence-corrected chi connectivity index (χ3v) is 5.24. The fraction of sp³-hybridized carbons (Fsp3) is 0.409. The summed E-state index contributed by atoms with van der Waals surface area (Å²) in [5.41, 5.74) is 8.51. The summed E-state index contributed by atoms with van der Waals surface area (Å²) in [5.74, 6) is -0.358. The van der Waals surface area contributed by atoms with Crippen molar-refractivity contribution in [2.24, 2.45) is 5.73 Å². The molecule has 0 spiro atoms. The van der Waals surface area contributed by atoms with E-state index in [2.05, 4.69) is 41.0 Å². The molecule has 3 rings (SSSR count). The van der Waals surface area contributed by atoms with E-state index in [-0.39, 0.29) is 11.9 Å². The van der Waals surface area contributed by atoms with Gasteiger partial charge in [0.25, 0.3) is 0 Å². The van der Waals surface area contributed by atoms with Crippen LogP contribution in [-0.2, 0) is 0 Å². The molecule has 0 aliphatic carbocycles. The maximum Gasteiger partial charge on any atom is 0.249 e. The zero-order valence-electron chi connectivity index (χ0n) is 15.6. The van der Waals surface area contributed by atoms with Gasteiger partial charge in [-0.2, -0.15) is 0 Å². The summed E-state index contributed by atoms with van der Waals surface area (Å²) in [4.78, 5) is 17.0. The van der Waals surface area contributed by atoms with Gasteiger partial charge >= 0.3 is 0 Å². The highest BCUT2D eigenvalue weighted by atomic mass is 16.1. The van der Waals surface area contributed by atoms with Gasteiger partial charge in [-0.05, 0) is 30.2 Å². The van der Waals surface area contributed by atoms with Crippen molar-refractivity contribution < 1.29 is 4.79 Å². The summed E-state index contributed by atoms with van der Waals surface area (Å²) in [6, 6.07) is 18.3. The number of amides is 1. The molecule has 1 aliphatic rings. The van der Waals surface area contributed by atoms with Crippen molar-refractivity contribution in [1.29, 1.82) is 0 Å². The summed E-state index contributed by atoms with van der Waals surface area (Å²) in [6.45, 7) is 7.55. The highest BCUT2D eigenvalue weighted by Crippen LogP contribution is 2.31. The molecule has 4 heteroatoms. The average Bonchev–Trinajstić information content (AvgIpc) is 2.69. The summed E-state index contributed by atoms with van der Waals surface area (Å²) in [5, 5.41) is 0. The molecule has 0 bridgehead atoms. The number of benzene rings is 2. The fourth-order valence-corrected chi connectivity index (χ4v) is 3.81. The Morgan fingerprint density at radius 3 is 2.31 bits per heavy atom. The molecule has 0 aromatic heterocycles. The number of hydrogen-bond acceptors (Lipinski definition) is 3. The zero-order valence-corrected chi connectivity index (χ0v) is 15.6. The van der Waals surface area contributed by atoms with Crippen LogP contribution in [0, 0.1) is 0 Å². The Hall–Kier alpha value is -2.17. The van der Waals surface area contributed by atoms with Crippen LogP contribution in [0.25, 0.3) is 0 Å². The summed E-state index contributed by atoms with van der Waals surface area (Å²) in [6.07, 6.45) is 2.49. The van der Waals surface area contributed by atoms with Crippen LogP contribution in [0.15, 0.2) is 54.6 Å². The Morgan fingerprint density at radius 1 is 1.00 bits per heavy atom. The van der Waals surface area contributed by atoms with E-state index >= 15 is 0 Å². The lowest BCUT2D eigenvalue weighted by atomic mass is 9.92. The molecule has 1 amide bonds. The Morgan fingerprint density at radius 2 is 1.65 bits per heavy atom. The Bertz CT molecular complexity index is 708. The molecule has 2 N–H and O–H groups in total. The number of nitrogens with zero attached hydrogens (tertiary/aromatic N) is 2. The van der Waals surface area contributed by atoms with Crippen LogP contribution in [0.1, 0.15) is 47.3 Å². The number of primary amides is 1. The van der Waals surface area contributed by atoms with Gasteiger partial charge in [-0.15, -0.1) is 0 Å². The molecule has 4 nitrogen and oxygen atoms in total. The molecule has 1 unspecified atom stereocenters. The number of carbonyl (C=O) groups is 1. The minimum absolute atomic E-state index is 0.0632. The maximum atomic E-state index is 12.0. The van der Waals surface area contributed by atoms with Gasteiger partial charge in [-0.3, -0.25) is 9.69 Å². The van der Waals surface area contributed by atoms with Gasteiger partial charge in [0.2, 0.25) is 5.91 Å². The van der Waals surface area contributed by atoms with E-state index in [1.165, 1.54) is 24.9 Å². The summed E-state index contributed by atoms with van der Waals surface area (Å²) < 4.78 is 0. The minimum Gasteiger partial charge on any atom is -0.366 e. The number of hydrogen-bond donors (Lipinski definition) is 1. The fourth-order valence-electron chi connectivity index (χ4n) is 3.81. The largest absolute Gasteiger partial charge is 0.366 e. The van der Waals surface area contributed by atoms with E-state index in [1.54, 1.807) is 0 Å². The lowest BCUT2D eigenvalue weighted by Crippen LogP contribution is -2.48. The van der Waals surface area contributed by atoms with Crippen molar-refractivity contribution in [3.63, 3.8) is 0 Å². The van der Waals surface area contributed by atoms with Gasteiger partial charge in [0.05, 0.1) is 6.04 Å². The predicted molar refractivity (Wildman–Crippen MR) is 106 cm³/mol. The Kier molecular flexibility index (Phi) is 6.42. The van der Waals surface area contributed by atoms with Crippen molar-refractivity contribution >= 4 is 5.91 Å². The highest BCUT2D eigenvalue weighted by Gasteiger charge is 2.28. The molecular weight excluding hydrogens is 322 g/mol. The second-order valence-corrected chi connectivity index (χ2v) is 7.00. The van der Waals surface area contributed by atoms with Gasteiger partial charge in [0, 0.05) is 31.7 Å². The van der Waals surface area contributed by atoms with E-state index in [0.29, 0.717) is 5.56 Å². The van der Waals surface area contributed by atoms with E-state index < -0.39 is 0 Å². The molecule has 0 radical (unpaired) electrons. The predicted octanol–water partition coefficient (Wildman–Crippen LogP) is 3.29. The third-order valence-electron chi connectivity index (χ3n) is 5.24. The van der Waals surface area contributed by atoms with Gasteiger partial charge in [0.15, 0.2) is 0 Å².